The first kappa shape index (κ1) is 30.6. The maximum Gasteiger partial charge on any atom is 0.234 e. The molecule has 0 amide bonds. The van der Waals surface area contributed by atoms with Crippen molar-refractivity contribution in [2.24, 2.45) is 5.92 Å². The van der Waals surface area contributed by atoms with E-state index < -0.39 is 0 Å². The Labute approximate surface area is 229 Å². The van der Waals surface area contributed by atoms with E-state index in [1.165, 1.54) is 32.1 Å². The minimum absolute atomic E-state index is 0. The monoisotopic (exact) mass is 539 g/mol. The van der Waals surface area contributed by atoms with Crippen molar-refractivity contribution in [1.82, 2.24) is 15.1 Å². The van der Waals surface area contributed by atoms with Crippen LogP contribution in [0.15, 0.2) is 30.3 Å². The number of hydrogen-bond donors (Lipinski definition) is 0. The molecule has 2 aliphatic rings. The number of aromatic nitrogens is 2. The van der Waals surface area contributed by atoms with E-state index in [0.29, 0.717) is 24.5 Å². The van der Waals surface area contributed by atoms with E-state index in [1.807, 2.05) is 0 Å². The Morgan fingerprint density at radius 3 is 2.44 bits per heavy atom. The number of likely N-dealkylation sites (N-methyl/N-ethyl adjacent to an activating group) is 1. The molecule has 1 aliphatic heterocycles. The van der Waals surface area contributed by atoms with Crippen LogP contribution in [0.5, 0.6) is 11.6 Å². The van der Waals surface area contributed by atoms with Crippen LogP contribution in [-0.2, 0) is 11.2 Å². The molecule has 0 radical (unpaired) electrons. The zero-order valence-electron chi connectivity index (χ0n) is 22.0. The number of nitrogens with zero attached hydrogens (tertiary/aromatic N) is 3. The highest BCUT2D eigenvalue weighted by Gasteiger charge is 2.28. The Bertz CT molecular complexity index is 894. The average Bonchev–Trinajstić information content (AvgIpc) is 2.88. The van der Waals surface area contributed by atoms with Gasteiger partial charge in [0, 0.05) is 31.2 Å². The average molecular weight is 541 g/mol. The van der Waals surface area contributed by atoms with Gasteiger partial charge in [0.05, 0.1) is 24.5 Å². The van der Waals surface area contributed by atoms with Crippen molar-refractivity contribution in [2.75, 3.05) is 33.9 Å². The molecule has 1 aromatic carbocycles. The first-order valence-corrected chi connectivity index (χ1v) is 13.1. The van der Waals surface area contributed by atoms with Gasteiger partial charge in [-0.2, -0.15) is 5.10 Å². The van der Waals surface area contributed by atoms with Crippen molar-refractivity contribution in [2.45, 2.75) is 76.9 Å². The fraction of sp³-hybridized carbons (Fsp3) is 0.643. The normalized spacial score (nSPS) is 20.8. The van der Waals surface area contributed by atoms with Crippen molar-refractivity contribution < 1.29 is 14.2 Å². The lowest BCUT2D eigenvalue weighted by atomic mass is 9.95. The fourth-order valence-electron chi connectivity index (χ4n) is 5.11. The van der Waals surface area contributed by atoms with Gasteiger partial charge in [-0.25, -0.2) is 0 Å². The second-order valence-electron chi connectivity index (χ2n) is 9.94. The third-order valence-electron chi connectivity index (χ3n) is 7.28. The van der Waals surface area contributed by atoms with Crippen LogP contribution in [-0.4, -0.2) is 61.2 Å². The summed E-state index contributed by atoms with van der Waals surface area (Å²) >= 11 is 0. The molecule has 2 fully saturated rings. The number of unbranched alkanes of at least 4 members (excludes halogenated alkanes) is 1. The number of aryl methyl sites for hydroxylation is 1. The number of hydrogen-bond acceptors (Lipinski definition) is 6. The Morgan fingerprint density at radius 1 is 1.00 bits per heavy atom. The van der Waals surface area contributed by atoms with Gasteiger partial charge >= 0.3 is 0 Å². The predicted molar refractivity (Wildman–Crippen MR) is 150 cm³/mol. The maximum atomic E-state index is 6.23. The van der Waals surface area contributed by atoms with E-state index in [-0.39, 0.29) is 30.9 Å². The molecule has 36 heavy (non-hydrogen) atoms. The molecule has 0 spiro atoms. The summed E-state index contributed by atoms with van der Waals surface area (Å²) in [6.45, 7) is 4.81. The van der Waals surface area contributed by atoms with Crippen LogP contribution in [0, 0.1) is 5.92 Å². The predicted octanol–water partition coefficient (Wildman–Crippen LogP) is 6.39. The summed E-state index contributed by atoms with van der Waals surface area (Å²) in [5.74, 6) is 1.91. The number of ether oxygens (including phenoxy) is 3. The number of benzene rings is 1. The first-order chi connectivity index (χ1) is 16.7. The summed E-state index contributed by atoms with van der Waals surface area (Å²) in [6, 6.07) is 10.5. The molecule has 8 heteroatoms. The molecule has 2 aromatic rings. The highest BCUT2D eigenvalue weighted by molar-refractivity contribution is 5.85. The van der Waals surface area contributed by atoms with Crippen LogP contribution in [0.4, 0.5) is 0 Å². The summed E-state index contributed by atoms with van der Waals surface area (Å²) in [7, 11) is 3.93. The van der Waals surface area contributed by atoms with Crippen LogP contribution in [0.3, 0.4) is 0 Å². The first-order valence-electron chi connectivity index (χ1n) is 13.1. The van der Waals surface area contributed by atoms with Crippen molar-refractivity contribution in [3.8, 4) is 22.8 Å². The molecule has 1 aromatic heterocycles. The summed E-state index contributed by atoms with van der Waals surface area (Å²) in [4.78, 5) is 2.31. The van der Waals surface area contributed by atoms with Gasteiger partial charge in [-0.1, -0.05) is 31.9 Å². The Morgan fingerprint density at radius 2 is 1.75 bits per heavy atom. The smallest absolute Gasteiger partial charge is 0.234 e. The second kappa shape index (κ2) is 15.6. The molecule has 1 aliphatic carbocycles. The Hall–Kier alpha value is -1.60. The molecule has 2 heterocycles. The van der Waals surface area contributed by atoms with E-state index in [0.717, 1.165) is 61.3 Å². The maximum absolute atomic E-state index is 6.23. The lowest BCUT2D eigenvalue weighted by molar-refractivity contribution is -0.0197. The molecule has 1 saturated heterocycles. The second-order valence-corrected chi connectivity index (χ2v) is 9.94. The van der Waals surface area contributed by atoms with Gasteiger partial charge in [-0.05, 0) is 76.2 Å². The van der Waals surface area contributed by atoms with Crippen LogP contribution in [0.2, 0.25) is 0 Å². The lowest BCUT2D eigenvalue weighted by Gasteiger charge is -2.35. The van der Waals surface area contributed by atoms with Crippen molar-refractivity contribution in [3.63, 3.8) is 0 Å². The molecule has 4 rings (SSSR count). The molecular weight excluding hydrogens is 497 g/mol. The van der Waals surface area contributed by atoms with Crippen molar-refractivity contribution in [3.05, 3.63) is 36.0 Å². The summed E-state index contributed by atoms with van der Waals surface area (Å²) in [5, 5.41) is 8.99. The van der Waals surface area contributed by atoms with Crippen molar-refractivity contribution >= 4 is 24.8 Å². The highest BCUT2D eigenvalue weighted by Crippen LogP contribution is 2.30. The summed E-state index contributed by atoms with van der Waals surface area (Å²) < 4.78 is 18.1. The minimum Gasteiger partial charge on any atom is -0.490 e. The Balaban J connectivity index is 0.00000228. The molecule has 1 saturated carbocycles. The standard InChI is InChI=1S/C28H41N3O3.2ClH/c1-4-5-11-26-25(21-12-14-24(15-13-21)34-23-9-7-6-8-10-23)18-28(30-29-26)33-20-22-16-17-31(2)19-27(22)32-3;;/h12-15,18,22-23,27H,4-11,16-17,19-20H2,1-3H3;2*1H/t22-,27-;;/m1../s1. The minimum atomic E-state index is 0. The molecule has 0 N–H and O–H groups in total. The largest absolute Gasteiger partial charge is 0.490 e. The molecule has 0 unspecified atom stereocenters. The number of piperidine rings is 1. The van der Waals surface area contributed by atoms with Gasteiger partial charge < -0.3 is 19.1 Å². The van der Waals surface area contributed by atoms with E-state index in [2.05, 4.69) is 59.4 Å². The molecule has 202 valence electrons. The molecule has 0 bridgehead atoms. The third kappa shape index (κ3) is 8.47. The van der Waals surface area contributed by atoms with Crippen LogP contribution < -0.4 is 9.47 Å². The van der Waals surface area contributed by atoms with E-state index in [4.69, 9.17) is 14.2 Å². The number of halogens is 2. The van der Waals surface area contributed by atoms with Gasteiger partial charge in [0.15, 0.2) is 0 Å². The van der Waals surface area contributed by atoms with E-state index in [1.54, 1.807) is 7.11 Å². The fourth-order valence-corrected chi connectivity index (χ4v) is 5.11. The SMILES string of the molecule is CCCCc1nnc(OC[C@H]2CCN(C)C[C@H]2OC)cc1-c1ccc(OC2CCCCC2)cc1.Cl.Cl. The van der Waals surface area contributed by atoms with Crippen LogP contribution in [0.1, 0.15) is 64.0 Å². The third-order valence-corrected chi connectivity index (χ3v) is 7.28. The number of rotatable bonds is 10. The van der Waals surface area contributed by atoms with Gasteiger partial charge in [0.2, 0.25) is 5.88 Å². The van der Waals surface area contributed by atoms with Crippen LogP contribution >= 0.6 is 24.8 Å². The summed E-state index contributed by atoms with van der Waals surface area (Å²) in [6.07, 6.45) is 11.0. The van der Waals surface area contributed by atoms with Crippen molar-refractivity contribution in [1.29, 1.82) is 0 Å². The molecule has 6 nitrogen and oxygen atoms in total. The zero-order chi connectivity index (χ0) is 23.8. The van der Waals surface area contributed by atoms with E-state index in [9.17, 15) is 0 Å². The highest BCUT2D eigenvalue weighted by atomic mass is 35.5. The van der Waals surface area contributed by atoms with E-state index >= 15 is 0 Å². The summed E-state index contributed by atoms with van der Waals surface area (Å²) in [5.41, 5.74) is 3.27. The zero-order valence-corrected chi connectivity index (χ0v) is 23.6. The lowest BCUT2D eigenvalue weighted by Crippen LogP contribution is -2.44. The topological polar surface area (TPSA) is 56.7 Å². The van der Waals surface area contributed by atoms with Gasteiger partial charge in [-0.3, -0.25) is 0 Å². The molecule has 2 atom stereocenters. The van der Waals surface area contributed by atoms with Crippen LogP contribution in [0.25, 0.3) is 11.1 Å². The van der Waals surface area contributed by atoms with Gasteiger partial charge in [-0.15, -0.1) is 29.9 Å². The number of methoxy groups -OCH3 is 1. The Kier molecular flexibility index (Phi) is 13.3. The van der Waals surface area contributed by atoms with Gasteiger partial charge in [0.1, 0.15) is 5.75 Å². The van der Waals surface area contributed by atoms with Gasteiger partial charge in [0.25, 0.3) is 0 Å². The molecular formula is C28H43Cl2N3O3. The number of likely N-dealkylation sites (tertiary alicyclic amines) is 1. The quantitative estimate of drug-likeness (QED) is 0.348.